The van der Waals surface area contributed by atoms with Crippen LogP contribution in [0.1, 0.15) is 38.8 Å². The monoisotopic (exact) mass is 474 g/mol. The number of guanidine groups is 1. The first-order chi connectivity index (χ1) is 12.1. The van der Waals surface area contributed by atoms with E-state index in [9.17, 15) is 0 Å². The molecule has 2 rings (SSSR count). The summed E-state index contributed by atoms with van der Waals surface area (Å²) in [6, 6.07) is 6.82. The van der Waals surface area contributed by atoms with Crippen molar-refractivity contribution in [2.45, 2.75) is 46.6 Å². The SMILES string of the molecule is CCc1cccc(CC)c1NC(N)=NCC(C(C)C)N1CCOCC1.I. The minimum absolute atomic E-state index is 0. The van der Waals surface area contributed by atoms with Crippen LogP contribution in [-0.4, -0.2) is 49.7 Å². The number of para-hydroxylation sites is 1. The predicted molar refractivity (Wildman–Crippen MR) is 122 cm³/mol. The van der Waals surface area contributed by atoms with E-state index < -0.39 is 0 Å². The molecule has 6 heteroatoms. The van der Waals surface area contributed by atoms with E-state index in [1.807, 2.05) is 0 Å². The Balaban J connectivity index is 0.00000338. The highest BCUT2D eigenvalue weighted by Crippen LogP contribution is 2.22. The Morgan fingerprint density at radius 3 is 2.27 bits per heavy atom. The highest BCUT2D eigenvalue weighted by atomic mass is 127. The van der Waals surface area contributed by atoms with E-state index in [0.717, 1.165) is 44.8 Å². The summed E-state index contributed by atoms with van der Waals surface area (Å²) in [5.74, 6) is 1.04. The van der Waals surface area contributed by atoms with Gasteiger partial charge in [0, 0.05) is 24.8 Å². The van der Waals surface area contributed by atoms with Crippen molar-refractivity contribution in [3.63, 3.8) is 0 Å². The van der Waals surface area contributed by atoms with Gasteiger partial charge in [-0.15, -0.1) is 24.0 Å². The second kappa shape index (κ2) is 11.8. The van der Waals surface area contributed by atoms with Crippen LogP contribution in [0, 0.1) is 5.92 Å². The molecule has 1 saturated heterocycles. The number of anilines is 1. The van der Waals surface area contributed by atoms with Gasteiger partial charge in [-0.3, -0.25) is 9.89 Å². The summed E-state index contributed by atoms with van der Waals surface area (Å²) in [4.78, 5) is 7.14. The first kappa shape index (κ1) is 23.2. The van der Waals surface area contributed by atoms with E-state index in [2.05, 4.69) is 61.1 Å². The molecule has 0 amide bonds. The number of benzene rings is 1. The summed E-state index contributed by atoms with van der Waals surface area (Å²) in [7, 11) is 0. The summed E-state index contributed by atoms with van der Waals surface area (Å²) in [5.41, 5.74) is 9.92. The number of ether oxygens (including phenoxy) is 1. The molecule has 0 radical (unpaired) electrons. The van der Waals surface area contributed by atoms with Gasteiger partial charge in [0.25, 0.3) is 0 Å². The van der Waals surface area contributed by atoms with Crippen LogP contribution >= 0.6 is 24.0 Å². The van der Waals surface area contributed by atoms with Crippen molar-refractivity contribution in [1.29, 1.82) is 0 Å². The molecule has 5 nitrogen and oxygen atoms in total. The molecule has 1 aromatic rings. The molecular formula is C20H35IN4O. The van der Waals surface area contributed by atoms with Crippen LogP contribution in [0.15, 0.2) is 23.2 Å². The third kappa shape index (κ3) is 6.39. The lowest BCUT2D eigenvalue weighted by Crippen LogP contribution is -2.47. The average Bonchev–Trinajstić information content (AvgIpc) is 2.62. The van der Waals surface area contributed by atoms with Gasteiger partial charge in [-0.05, 0) is 29.9 Å². The molecule has 1 atom stereocenters. The maximum absolute atomic E-state index is 6.23. The molecule has 1 fully saturated rings. The zero-order valence-electron chi connectivity index (χ0n) is 16.6. The minimum Gasteiger partial charge on any atom is -0.379 e. The first-order valence-electron chi connectivity index (χ1n) is 9.56. The number of nitrogens with zero attached hydrogens (tertiary/aromatic N) is 2. The summed E-state index contributed by atoms with van der Waals surface area (Å²) in [6.45, 7) is 13.1. The van der Waals surface area contributed by atoms with Gasteiger partial charge in [-0.25, -0.2) is 0 Å². The lowest BCUT2D eigenvalue weighted by Gasteiger charge is -2.36. The van der Waals surface area contributed by atoms with E-state index in [0.29, 0.717) is 24.5 Å². The van der Waals surface area contributed by atoms with Gasteiger partial charge >= 0.3 is 0 Å². The molecular weight excluding hydrogens is 439 g/mol. The first-order valence-corrected chi connectivity index (χ1v) is 9.56. The van der Waals surface area contributed by atoms with E-state index >= 15 is 0 Å². The van der Waals surface area contributed by atoms with Crippen molar-refractivity contribution in [1.82, 2.24) is 4.90 Å². The molecule has 1 heterocycles. The molecule has 1 aliphatic heterocycles. The molecule has 0 bridgehead atoms. The Labute approximate surface area is 175 Å². The second-order valence-corrected chi connectivity index (χ2v) is 6.97. The fourth-order valence-electron chi connectivity index (χ4n) is 3.42. The van der Waals surface area contributed by atoms with Crippen molar-refractivity contribution in [2.24, 2.45) is 16.6 Å². The maximum atomic E-state index is 6.23. The molecule has 0 aliphatic carbocycles. The Morgan fingerprint density at radius 1 is 1.19 bits per heavy atom. The Bertz CT molecular complexity index is 549. The van der Waals surface area contributed by atoms with Crippen LogP contribution in [-0.2, 0) is 17.6 Å². The van der Waals surface area contributed by atoms with E-state index in [4.69, 9.17) is 10.5 Å². The van der Waals surface area contributed by atoms with Gasteiger partial charge in [0.15, 0.2) is 5.96 Å². The Kier molecular flexibility index (Phi) is 10.5. The summed E-state index contributed by atoms with van der Waals surface area (Å²) >= 11 is 0. The van der Waals surface area contributed by atoms with Crippen LogP contribution in [0.5, 0.6) is 0 Å². The summed E-state index contributed by atoms with van der Waals surface area (Å²) < 4.78 is 5.47. The number of nitrogens with one attached hydrogen (secondary N) is 1. The lowest BCUT2D eigenvalue weighted by molar-refractivity contribution is 0.00870. The number of aryl methyl sites for hydroxylation is 2. The van der Waals surface area contributed by atoms with E-state index in [1.54, 1.807) is 0 Å². The molecule has 3 N–H and O–H groups in total. The van der Waals surface area contributed by atoms with Crippen molar-refractivity contribution < 1.29 is 4.74 Å². The largest absolute Gasteiger partial charge is 0.379 e. The molecule has 26 heavy (non-hydrogen) atoms. The van der Waals surface area contributed by atoms with Crippen LogP contribution in [0.2, 0.25) is 0 Å². The van der Waals surface area contributed by atoms with Crippen LogP contribution < -0.4 is 11.1 Å². The van der Waals surface area contributed by atoms with Crippen molar-refractivity contribution in [3.8, 4) is 0 Å². The number of hydrogen-bond donors (Lipinski definition) is 2. The third-order valence-corrected chi connectivity index (χ3v) is 4.98. The van der Waals surface area contributed by atoms with Gasteiger partial charge in [0.05, 0.1) is 19.8 Å². The van der Waals surface area contributed by atoms with E-state index in [-0.39, 0.29) is 24.0 Å². The fourth-order valence-corrected chi connectivity index (χ4v) is 3.42. The van der Waals surface area contributed by atoms with Crippen molar-refractivity contribution in [2.75, 3.05) is 38.2 Å². The molecule has 0 aromatic heterocycles. The number of morpholine rings is 1. The summed E-state index contributed by atoms with van der Waals surface area (Å²) in [6.07, 6.45) is 1.96. The Hall–Kier alpha value is -0.860. The highest BCUT2D eigenvalue weighted by Gasteiger charge is 2.23. The van der Waals surface area contributed by atoms with Crippen LogP contribution in [0.4, 0.5) is 5.69 Å². The van der Waals surface area contributed by atoms with Gasteiger partial charge < -0.3 is 15.8 Å². The van der Waals surface area contributed by atoms with Crippen molar-refractivity contribution in [3.05, 3.63) is 29.3 Å². The number of rotatable bonds is 7. The smallest absolute Gasteiger partial charge is 0.193 e. The molecule has 1 aromatic carbocycles. The highest BCUT2D eigenvalue weighted by molar-refractivity contribution is 14.0. The zero-order valence-corrected chi connectivity index (χ0v) is 19.0. The zero-order chi connectivity index (χ0) is 18.2. The molecule has 1 unspecified atom stereocenters. The van der Waals surface area contributed by atoms with E-state index in [1.165, 1.54) is 11.1 Å². The summed E-state index contributed by atoms with van der Waals surface area (Å²) in [5, 5.41) is 3.36. The second-order valence-electron chi connectivity index (χ2n) is 6.97. The molecule has 0 saturated carbocycles. The van der Waals surface area contributed by atoms with Gasteiger partial charge in [0.2, 0.25) is 0 Å². The Morgan fingerprint density at radius 2 is 1.77 bits per heavy atom. The molecule has 1 aliphatic rings. The number of nitrogens with two attached hydrogens (primary N) is 1. The number of hydrogen-bond acceptors (Lipinski definition) is 3. The van der Waals surface area contributed by atoms with Crippen molar-refractivity contribution >= 4 is 35.6 Å². The minimum atomic E-state index is 0. The fraction of sp³-hybridized carbons (Fsp3) is 0.650. The standard InChI is InChI=1S/C20H34N4O.HI/c1-5-16-8-7-9-17(6-2)19(16)23-20(21)22-14-18(15(3)4)24-10-12-25-13-11-24;/h7-9,15,18H,5-6,10-14H2,1-4H3,(H3,21,22,23);1H. The third-order valence-electron chi connectivity index (χ3n) is 4.98. The topological polar surface area (TPSA) is 62.9 Å². The van der Waals surface area contributed by atoms with Gasteiger partial charge in [-0.2, -0.15) is 0 Å². The van der Waals surface area contributed by atoms with Gasteiger partial charge in [-0.1, -0.05) is 45.9 Å². The van der Waals surface area contributed by atoms with Crippen LogP contribution in [0.25, 0.3) is 0 Å². The maximum Gasteiger partial charge on any atom is 0.193 e. The number of halogens is 1. The lowest BCUT2D eigenvalue weighted by atomic mass is 10.0. The van der Waals surface area contributed by atoms with Crippen LogP contribution in [0.3, 0.4) is 0 Å². The molecule has 148 valence electrons. The number of aliphatic imine (C=N–C) groups is 1. The normalized spacial score (nSPS) is 17.0. The quantitative estimate of drug-likeness (QED) is 0.361. The van der Waals surface area contributed by atoms with Gasteiger partial charge in [0.1, 0.15) is 0 Å². The predicted octanol–water partition coefficient (Wildman–Crippen LogP) is 3.51. The average molecular weight is 474 g/mol. The molecule has 0 spiro atoms.